The van der Waals surface area contributed by atoms with Crippen molar-refractivity contribution in [3.8, 4) is 0 Å². The summed E-state index contributed by atoms with van der Waals surface area (Å²) in [4.78, 5) is 22.4. The summed E-state index contributed by atoms with van der Waals surface area (Å²) in [5.74, 6) is -0.387. The lowest BCUT2D eigenvalue weighted by molar-refractivity contribution is -0.384. The van der Waals surface area contributed by atoms with Crippen LogP contribution < -0.4 is 5.32 Å². The molecule has 0 radical (unpaired) electrons. The van der Waals surface area contributed by atoms with Crippen molar-refractivity contribution in [1.29, 1.82) is 0 Å². The van der Waals surface area contributed by atoms with Crippen LogP contribution in [0.2, 0.25) is 5.02 Å². The van der Waals surface area contributed by atoms with Crippen LogP contribution in [-0.4, -0.2) is 10.8 Å². The maximum absolute atomic E-state index is 12.2. The Morgan fingerprint density at radius 2 is 2.00 bits per heavy atom. The zero-order chi connectivity index (χ0) is 15.6. The first-order valence-corrected chi connectivity index (χ1v) is 7.06. The molecule has 21 heavy (non-hydrogen) atoms. The van der Waals surface area contributed by atoms with Crippen LogP contribution in [-0.2, 0) is 0 Å². The van der Waals surface area contributed by atoms with Gasteiger partial charge >= 0.3 is 0 Å². The molecule has 5 nitrogen and oxygen atoms in total. The third-order valence-corrected chi connectivity index (χ3v) is 3.50. The second-order valence-electron chi connectivity index (χ2n) is 4.39. The number of aryl methyl sites for hydroxylation is 1. The maximum atomic E-state index is 12.2. The lowest BCUT2D eigenvalue weighted by Gasteiger charge is -2.08. The summed E-state index contributed by atoms with van der Waals surface area (Å²) in [6.07, 6.45) is 0. The van der Waals surface area contributed by atoms with Crippen molar-refractivity contribution in [2.75, 3.05) is 5.32 Å². The highest BCUT2D eigenvalue weighted by Crippen LogP contribution is 2.27. The van der Waals surface area contributed by atoms with Crippen LogP contribution in [0.15, 0.2) is 40.9 Å². The molecule has 0 atom stereocenters. The average molecular weight is 370 g/mol. The van der Waals surface area contributed by atoms with Gasteiger partial charge in [0.2, 0.25) is 0 Å². The van der Waals surface area contributed by atoms with Crippen LogP contribution >= 0.6 is 27.5 Å². The number of benzene rings is 2. The van der Waals surface area contributed by atoms with Crippen LogP contribution in [0.4, 0.5) is 11.4 Å². The van der Waals surface area contributed by atoms with Gasteiger partial charge in [-0.2, -0.15) is 0 Å². The molecule has 0 heterocycles. The highest BCUT2D eigenvalue weighted by atomic mass is 79.9. The first-order chi connectivity index (χ1) is 9.86. The molecule has 2 rings (SSSR count). The van der Waals surface area contributed by atoms with Gasteiger partial charge in [-0.05, 0) is 36.8 Å². The molecule has 0 aliphatic heterocycles. The van der Waals surface area contributed by atoms with E-state index < -0.39 is 4.92 Å². The number of nitrogens with one attached hydrogen (secondary N) is 1. The molecule has 2 aromatic rings. The predicted molar refractivity (Wildman–Crippen MR) is 84.9 cm³/mol. The largest absolute Gasteiger partial charge is 0.320 e. The normalized spacial score (nSPS) is 10.2. The minimum Gasteiger partial charge on any atom is -0.320 e. The Labute approximate surface area is 134 Å². The van der Waals surface area contributed by atoms with Crippen molar-refractivity contribution in [2.24, 2.45) is 0 Å². The molecule has 0 spiro atoms. The summed E-state index contributed by atoms with van der Waals surface area (Å²) >= 11 is 9.26. The van der Waals surface area contributed by atoms with E-state index in [-0.39, 0.29) is 22.3 Å². The Morgan fingerprint density at radius 1 is 1.29 bits per heavy atom. The van der Waals surface area contributed by atoms with E-state index in [1.54, 1.807) is 12.1 Å². The molecule has 7 heteroatoms. The molecule has 0 fully saturated rings. The van der Waals surface area contributed by atoms with Crippen molar-refractivity contribution in [3.63, 3.8) is 0 Å². The average Bonchev–Trinajstić information content (AvgIpc) is 2.39. The Bertz CT molecular complexity index is 714. The molecule has 1 amide bonds. The summed E-state index contributed by atoms with van der Waals surface area (Å²) in [5.41, 5.74) is 1.41. The van der Waals surface area contributed by atoms with Gasteiger partial charge in [0.05, 0.1) is 15.6 Å². The lowest BCUT2D eigenvalue weighted by Crippen LogP contribution is -2.12. The molecule has 0 bridgehead atoms. The molecule has 1 N–H and O–H groups in total. The van der Waals surface area contributed by atoms with Crippen LogP contribution in [0, 0.1) is 17.0 Å². The number of amides is 1. The minimum absolute atomic E-state index is 0.139. The quantitative estimate of drug-likeness (QED) is 0.636. The summed E-state index contributed by atoms with van der Waals surface area (Å²) in [7, 11) is 0. The molecular weight excluding hydrogens is 360 g/mol. The summed E-state index contributed by atoms with van der Waals surface area (Å²) in [5, 5.41) is 13.6. The number of hydrogen-bond donors (Lipinski definition) is 1. The number of non-ortho nitro benzene ring substituents is 1. The summed E-state index contributed by atoms with van der Waals surface area (Å²) < 4.78 is 0.776. The third-order valence-electron chi connectivity index (χ3n) is 2.71. The smallest absolute Gasteiger partial charge is 0.271 e. The van der Waals surface area contributed by atoms with Crippen LogP contribution in [0.5, 0.6) is 0 Å². The number of halogens is 2. The number of nitro benzene ring substituents is 1. The van der Waals surface area contributed by atoms with E-state index in [0.29, 0.717) is 5.56 Å². The second kappa shape index (κ2) is 6.24. The zero-order valence-electron chi connectivity index (χ0n) is 10.9. The van der Waals surface area contributed by atoms with Crippen molar-refractivity contribution < 1.29 is 9.72 Å². The highest BCUT2D eigenvalue weighted by Gasteiger charge is 2.13. The fourth-order valence-corrected chi connectivity index (χ4v) is 2.56. The van der Waals surface area contributed by atoms with Crippen molar-refractivity contribution in [3.05, 3.63) is 67.1 Å². The fraction of sp³-hybridized carbons (Fsp3) is 0.0714. The number of hydrogen-bond acceptors (Lipinski definition) is 3. The van der Waals surface area contributed by atoms with Gasteiger partial charge < -0.3 is 5.32 Å². The summed E-state index contributed by atoms with van der Waals surface area (Å²) in [6.45, 7) is 1.86. The van der Waals surface area contributed by atoms with Crippen molar-refractivity contribution in [1.82, 2.24) is 0 Å². The third kappa shape index (κ3) is 3.80. The minimum atomic E-state index is -0.546. The molecule has 0 aromatic heterocycles. The zero-order valence-corrected chi connectivity index (χ0v) is 13.2. The number of carbonyl (C=O) groups excluding carboxylic acids is 1. The van der Waals surface area contributed by atoms with Gasteiger partial charge in [0, 0.05) is 22.2 Å². The SMILES string of the molecule is Cc1cc(Br)cc(C(=O)Nc2cc([N+](=O)[O-])ccc2Cl)c1. The standard InChI is InChI=1S/C14H10BrClN2O3/c1-8-4-9(6-10(15)5-8)14(19)17-13-7-11(18(20)21)2-3-12(13)16/h2-7H,1H3,(H,17,19). The van der Waals surface area contributed by atoms with E-state index in [9.17, 15) is 14.9 Å². The Morgan fingerprint density at radius 3 is 2.62 bits per heavy atom. The molecular formula is C14H10BrClN2O3. The molecule has 0 aliphatic rings. The van der Waals surface area contributed by atoms with Crippen LogP contribution in [0.25, 0.3) is 0 Å². The first kappa shape index (κ1) is 15.5. The molecule has 108 valence electrons. The fourth-order valence-electron chi connectivity index (χ4n) is 1.78. The topological polar surface area (TPSA) is 72.2 Å². The lowest BCUT2D eigenvalue weighted by atomic mass is 10.1. The van der Waals surface area contributed by atoms with Gasteiger partial charge in [-0.1, -0.05) is 27.5 Å². The number of rotatable bonds is 3. The Balaban J connectivity index is 2.31. The van der Waals surface area contributed by atoms with E-state index in [2.05, 4.69) is 21.2 Å². The molecule has 2 aromatic carbocycles. The van der Waals surface area contributed by atoms with Crippen molar-refractivity contribution in [2.45, 2.75) is 6.92 Å². The first-order valence-electron chi connectivity index (χ1n) is 5.89. The number of anilines is 1. The highest BCUT2D eigenvalue weighted by molar-refractivity contribution is 9.10. The number of nitrogens with zero attached hydrogens (tertiary/aromatic N) is 1. The second-order valence-corrected chi connectivity index (χ2v) is 5.72. The number of nitro groups is 1. The molecule has 0 saturated heterocycles. The molecule has 0 saturated carbocycles. The van der Waals surface area contributed by atoms with E-state index in [0.717, 1.165) is 10.0 Å². The van der Waals surface area contributed by atoms with Crippen LogP contribution in [0.1, 0.15) is 15.9 Å². The van der Waals surface area contributed by atoms with E-state index in [4.69, 9.17) is 11.6 Å². The number of carbonyl (C=O) groups is 1. The van der Waals surface area contributed by atoms with Gasteiger partial charge in [0.25, 0.3) is 11.6 Å². The van der Waals surface area contributed by atoms with Gasteiger partial charge in [-0.25, -0.2) is 0 Å². The maximum Gasteiger partial charge on any atom is 0.271 e. The van der Waals surface area contributed by atoms with Crippen molar-refractivity contribution >= 4 is 44.8 Å². The molecule has 0 aliphatic carbocycles. The van der Waals surface area contributed by atoms with E-state index >= 15 is 0 Å². The predicted octanol–water partition coefficient (Wildman–Crippen LogP) is 4.57. The molecule has 0 unspecified atom stereocenters. The van der Waals surface area contributed by atoms with Gasteiger partial charge in [0.15, 0.2) is 0 Å². The van der Waals surface area contributed by atoms with Gasteiger partial charge in [-0.15, -0.1) is 0 Å². The Kier molecular flexibility index (Phi) is 4.59. The van der Waals surface area contributed by atoms with Gasteiger partial charge in [-0.3, -0.25) is 14.9 Å². The Hall–Kier alpha value is -1.92. The monoisotopic (exact) mass is 368 g/mol. The van der Waals surface area contributed by atoms with E-state index in [1.807, 2.05) is 13.0 Å². The van der Waals surface area contributed by atoms with Gasteiger partial charge in [0.1, 0.15) is 0 Å². The van der Waals surface area contributed by atoms with E-state index in [1.165, 1.54) is 18.2 Å². The summed E-state index contributed by atoms with van der Waals surface area (Å²) in [6, 6.07) is 9.13. The van der Waals surface area contributed by atoms with Crippen LogP contribution in [0.3, 0.4) is 0 Å².